The van der Waals surface area contributed by atoms with E-state index in [0.29, 0.717) is 17.9 Å². The zero-order valence-electron chi connectivity index (χ0n) is 10.9. The largest absolute Gasteiger partial charge is 0.474 e. The first-order valence-electron chi connectivity index (χ1n) is 6.39. The lowest BCUT2D eigenvalue weighted by atomic mass is 9.88. The van der Waals surface area contributed by atoms with Gasteiger partial charge < -0.3 is 10.1 Å². The van der Waals surface area contributed by atoms with Crippen molar-refractivity contribution < 1.29 is 4.74 Å². The standard InChI is InChI=1S/C13H21N3O/c1-9-6-4-5-7-11(9)17-13-8-12(14-3)15-10(2)16-13/h8-9,11H,4-7H2,1-3H3,(H,14,15,16). The quantitative estimate of drug-likeness (QED) is 0.875. The second-order valence-corrected chi connectivity index (χ2v) is 4.81. The fraction of sp³-hybridized carbons (Fsp3) is 0.692. The van der Waals surface area contributed by atoms with Gasteiger partial charge in [0, 0.05) is 13.1 Å². The van der Waals surface area contributed by atoms with E-state index in [1.807, 2.05) is 20.0 Å². The van der Waals surface area contributed by atoms with Crippen LogP contribution in [0.15, 0.2) is 6.07 Å². The predicted molar refractivity (Wildman–Crippen MR) is 68.4 cm³/mol. The number of rotatable bonds is 3. The van der Waals surface area contributed by atoms with Crippen LogP contribution in [0.1, 0.15) is 38.4 Å². The molecule has 1 saturated carbocycles. The van der Waals surface area contributed by atoms with Crippen LogP contribution in [-0.4, -0.2) is 23.1 Å². The normalized spacial score (nSPS) is 24.4. The van der Waals surface area contributed by atoms with Crippen molar-refractivity contribution in [3.63, 3.8) is 0 Å². The van der Waals surface area contributed by atoms with Crippen LogP contribution < -0.4 is 10.1 Å². The van der Waals surface area contributed by atoms with Crippen LogP contribution in [0.3, 0.4) is 0 Å². The number of ether oxygens (including phenoxy) is 1. The molecule has 0 radical (unpaired) electrons. The van der Waals surface area contributed by atoms with Gasteiger partial charge in [-0.05, 0) is 32.1 Å². The molecule has 0 amide bonds. The van der Waals surface area contributed by atoms with Gasteiger partial charge >= 0.3 is 0 Å². The fourth-order valence-electron chi connectivity index (χ4n) is 2.34. The first kappa shape index (κ1) is 12.1. The van der Waals surface area contributed by atoms with E-state index in [0.717, 1.165) is 18.1 Å². The van der Waals surface area contributed by atoms with Gasteiger partial charge in [0.25, 0.3) is 0 Å². The van der Waals surface area contributed by atoms with E-state index in [-0.39, 0.29) is 0 Å². The van der Waals surface area contributed by atoms with Crippen LogP contribution in [-0.2, 0) is 0 Å². The lowest BCUT2D eigenvalue weighted by Gasteiger charge is -2.28. The average molecular weight is 235 g/mol. The summed E-state index contributed by atoms with van der Waals surface area (Å²) in [5, 5.41) is 3.03. The zero-order valence-corrected chi connectivity index (χ0v) is 10.9. The highest BCUT2D eigenvalue weighted by Crippen LogP contribution is 2.27. The molecule has 2 rings (SSSR count). The van der Waals surface area contributed by atoms with Gasteiger partial charge in [0.05, 0.1) is 0 Å². The minimum Gasteiger partial charge on any atom is -0.474 e. The molecule has 0 spiro atoms. The molecule has 0 saturated heterocycles. The molecule has 1 fully saturated rings. The molecule has 17 heavy (non-hydrogen) atoms. The van der Waals surface area contributed by atoms with Crippen LogP contribution in [0.2, 0.25) is 0 Å². The van der Waals surface area contributed by atoms with Gasteiger partial charge in [0.2, 0.25) is 5.88 Å². The Kier molecular flexibility index (Phi) is 3.82. The van der Waals surface area contributed by atoms with Gasteiger partial charge in [-0.2, -0.15) is 4.98 Å². The van der Waals surface area contributed by atoms with Crippen molar-refractivity contribution >= 4 is 5.82 Å². The summed E-state index contributed by atoms with van der Waals surface area (Å²) < 4.78 is 6.00. The number of aryl methyl sites for hydroxylation is 1. The Labute approximate surface area is 103 Å². The Bertz CT molecular complexity index is 381. The van der Waals surface area contributed by atoms with E-state index in [1.54, 1.807) is 0 Å². The summed E-state index contributed by atoms with van der Waals surface area (Å²) in [6.45, 7) is 4.15. The third-order valence-corrected chi connectivity index (χ3v) is 3.38. The van der Waals surface area contributed by atoms with Gasteiger partial charge in [-0.15, -0.1) is 0 Å². The summed E-state index contributed by atoms with van der Waals surface area (Å²) in [6, 6.07) is 1.87. The third-order valence-electron chi connectivity index (χ3n) is 3.38. The summed E-state index contributed by atoms with van der Waals surface area (Å²) in [4.78, 5) is 8.60. The molecule has 2 atom stereocenters. The molecule has 1 aromatic rings. The molecule has 1 aliphatic rings. The monoisotopic (exact) mass is 235 g/mol. The van der Waals surface area contributed by atoms with Crippen molar-refractivity contribution in [2.45, 2.75) is 45.6 Å². The minimum atomic E-state index is 0.308. The van der Waals surface area contributed by atoms with E-state index in [4.69, 9.17) is 4.74 Å². The molecule has 0 bridgehead atoms. The number of nitrogens with one attached hydrogen (secondary N) is 1. The number of aromatic nitrogens is 2. The summed E-state index contributed by atoms with van der Waals surface area (Å²) in [5.41, 5.74) is 0. The number of anilines is 1. The van der Waals surface area contributed by atoms with Crippen LogP contribution in [0.4, 0.5) is 5.82 Å². The Balaban J connectivity index is 2.09. The van der Waals surface area contributed by atoms with Gasteiger partial charge in [-0.3, -0.25) is 0 Å². The summed E-state index contributed by atoms with van der Waals surface area (Å²) in [6.07, 6.45) is 5.29. The Morgan fingerprint density at radius 3 is 2.76 bits per heavy atom. The van der Waals surface area contributed by atoms with Gasteiger partial charge in [-0.1, -0.05) is 13.3 Å². The van der Waals surface area contributed by atoms with Gasteiger partial charge in [0.1, 0.15) is 17.7 Å². The highest BCUT2D eigenvalue weighted by molar-refractivity contribution is 5.37. The number of nitrogens with zero attached hydrogens (tertiary/aromatic N) is 2. The predicted octanol–water partition coefficient (Wildman–Crippen LogP) is 2.78. The van der Waals surface area contributed by atoms with E-state index in [9.17, 15) is 0 Å². The number of hydrogen-bond donors (Lipinski definition) is 1. The molecule has 1 aromatic heterocycles. The Morgan fingerprint density at radius 2 is 2.06 bits per heavy atom. The molecule has 94 valence electrons. The van der Waals surface area contributed by atoms with Crippen molar-refractivity contribution in [3.05, 3.63) is 11.9 Å². The van der Waals surface area contributed by atoms with E-state index in [2.05, 4.69) is 22.2 Å². The Hall–Kier alpha value is -1.32. The van der Waals surface area contributed by atoms with E-state index >= 15 is 0 Å². The highest BCUT2D eigenvalue weighted by atomic mass is 16.5. The lowest BCUT2D eigenvalue weighted by molar-refractivity contribution is 0.0973. The SMILES string of the molecule is CNc1cc(OC2CCCCC2C)nc(C)n1. The maximum Gasteiger partial charge on any atom is 0.218 e. The maximum absolute atomic E-state index is 6.00. The van der Waals surface area contributed by atoms with E-state index in [1.165, 1.54) is 19.3 Å². The molecule has 0 aliphatic heterocycles. The molecular formula is C13H21N3O. The molecule has 1 N–H and O–H groups in total. The third kappa shape index (κ3) is 3.08. The number of hydrogen-bond acceptors (Lipinski definition) is 4. The smallest absolute Gasteiger partial charge is 0.218 e. The van der Waals surface area contributed by atoms with Gasteiger partial charge in [-0.25, -0.2) is 4.98 Å². The van der Waals surface area contributed by atoms with E-state index < -0.39 is 0 Å². The Morgan fingerprint density at radius 1 is 1.29 bits per heavy atom. The molecule has 2 unspecified atom stereocenters. The van der Waals surface area contributed by atoms with Gasteiger partial charge in [0.15, 0.2) is 0 Å². The lowest BCUT2D eigenvalue weighted by Crippen LogP contribution is -2.28. The van der Waals surface area contributed by atoms with Crippen LogP contribution in [0.25, 0.3) is 0 Å². The molecule has 4 nitrogen and oxygen atoms in total. The summed E-state index contributed by atoms with van der Waals surface area (Å²) in [7, 11) is 1.86. The van der Waals surface area contributed by atoms with Crippen molar-refractivity contribution in [1.29, 1.82) is 0 Å². The van der Waals surface area contributed by atoms with Crippen molar-refractivity contribution in [2.75, 3.05) is 12.4 Å². The average Bonchev–Trinajstić information content (AvgIpc) is 2.31. The first-order chi connectivity index (χ1) is 8.19. The summed E-state index contributed by atoms with van der Waals surface area (Å²) in [5.74, 6) is 2.88. The molecular weight excluding hydrogens is 214 g/mol. The second kappa shape index (κ2) is 5.34. The second-order valence-electron chi connectivity index (χ2n) is 4.81. The molecule has 1 aliphatic carbocycles. The topological polar surface area (TPSA) is 47.0 Å². The zero-order chi connectivity index (χ0) is 12.3. The molecule has 0 aromatic carbocycles. The highest BCUT2D eigenvalue weighted by Gasteiger charge is 2.23. The maximum atomic E-state index is 6.00. The van der Waals surface area contributed by atoms with Crippen LogP contribution in [0.5, 0.6) is 5.88 Å². The van der Waals surface area contributed by atoms with Crippen LogP contribution in [0, 0.1) is 12.8 Å². The van der Waals surface area contributed by atoms with Crippen LogP contribution >= 0.6 is 0 Å². The fourth-order valence-corrected chi connectivity index (χ4v) is 2.34. The molecule has 1 heterocycles. The minimum absolute atomic E-state index is 0.308. The van der Waals surface area contributed by atoms with Crippen molar-refractivity contribution in [1.82, 2.24) is 9.97 Å². The van der Waals surface area contributed by atoms with Crippen molar-refractivity contribution in [2.24, 2.45) is 5.92 Å². The summed E-state index contributed by atoms with van der Waals surface area (Å²) >= 11 is 0. The first-order valence-corrected chi connectivity index (χ1v) is 6.39. The molecule has 4 heteroatoms. The van der Waals surface area contributed by atoms with Crippen molar-refractivity contribution in [3.8, 4) is 5.88 Å².